The Morgan fingerprint density at radius 3 is 1.70 bits per heavy atom. The monoisotopic (exact) mass is 326 g/mol. The number of carboxylic acid groups (broad SMARTS) is 1. The molecule has 0 saturated heterocycles. The molecule has 2 rings (SSSR count). The molecule has 0 saturated carbocycles. The van der Waals surface area contributed by atoms with E-state index >= 15 is 0 Å². The van der Waals surface area contributed by atoms with Gasteiger partial charge >= 0.3 is 5.97 Å². The molecule has 2 aromatic carbocycles. The minimum absolute atomic E-state index is 0.105. The lowest BCUT2D eigenvalue weighted by molar-refractivity contribution is -0.137. The number of rotatable bonds is 6. The van der Waals surface area contributed by atoms with Gasteiger partial charge in [0.15, 0.2) is 0 Å². The van der Waals surface area contributed by atoms with Crippen molar-refractivity contribution in [3.05, 3.63) is 60.7 Å². The van der Waals surface area contributed by atoms with E-state index in [1.807, 2.05) is 12.1 Å². The predicted molar refractivity (Wildman–Crippen MR) is 99.3 cm³/mol. The van der Waals surface area contributed by atoms with Gasteiger partial charge in [0.25, 0.3) is 0 Å². The molecule has 3 heteroatoms. The van der Waals surface area contributed by atoms with Gasteiger partial charge in [0.05, 0.1) is 0 Å². The molecule has 0 amide bonds. The molecule has 0 bridgehead atoms. The van der Waals surface area contributed by atoms with Crippen LogP contribution >= 0.6 is 0 Å². The van der Waals surface area contributed by atoms with Crippen LogP contribution in [0.3, 0.4) is 0 Å². The van der Waals surface area contributed by atoms with Crippen molar-refractivity contribution in [1.82, 2.24) is 0 Å². The van der Waals surface area contributed by atoms with Gasteiger partial charge in [-0.2, -0.15) is 0 Å². The molecule has 0 radical (unpaired) electrons. The molecule has 2 aromatic rings. The molecular formula is C20H26O2Si. The average molecular weight is 327 g/mol. The molecule has 0 aromatic heterocycles. The van der Waals surface area contributed by atoms with Crippen LogP contribution in [0.2, 0.25) is 11.1 Å². The first kappa shape index (κ1) is 17.5. The maximum Gasteiger partial charge on any atom is 0.303 e. The van der Waals surface area contributed by atoms with E-state index in [9.17, 15) is 4.79 Å². The van der Waals surface area contributed by atoms with E-state index in [0.29, 0.717) is 0 Å². The minimum atomic E-state index is -2.08. The summed E-state index contributed by atoms with van der Waals surface area (Å²) in [5.74, 6) is -0.706. The van der Waals surface area contributed by atoms with Crippen molar-refractivity contribution in [2.24, 2.45) is 0 Å². The highest BCUT2D eigenvalue weighted by molar-refractivity contribution is 7.04. The maximum atomic E-state index is 11.0. The second kappa shape index (κ2) is 7.13. The summed E-state index contributed by atoms with van der Waals surface area (Å²) in [7, 11) is -2.08. The molecule has 0 spiro atoms. The van der Waals surface area contributed by atoms with Gasteiger partial charge in [-0.15, -0.1) is 0 Å². The zero-order valence-corrected chi connectivity index (χ0v) is 15.3. The predicted octanol–water partition coefficient (Wildman–Crippen LogP) is 3.91. The van der Waals surface area contributed by atoms with E-state index in [1.165, 1.54) is 10.4 Å². The van der Waals surface area contributed by atoms with E-state index < -0.39 is 14.0 Å². The van der Waals surface area contributed by atoms with Crippen LogP contribution in [0.15, 0.2) is 60.7 Å². The van der Waals surface area contributed by atoms with Crippen molar-refractivity contribution in [1.29, 1.82) is 0 Å². The first-order valence-corrected chi connectivity index (χ1v) is 10.4. The zero-order valence-electron chi connectivity index (χ0n) is 14.3. The van der Waals surface area contributed by atoms with Crippen LogP contribution in [0, 0.1) is 0 Å². The summed E-state index contributed by atoms with van der Waals surface area (Å²) in [4.78, 5) is 11.0. The lowest BCUT2D eigenvalue weighted by Crippen LogP contribution is -2.64. The van der Waals surface area contributed by atoms with Gasteiger partial charge in [-0.3, -0.25) is 4.79 Å². The van der Waals surface area contributed by atoms with Crippen LogP contribution in [0.25, 0.3) is 0 Å². The first-order chi connectivity index (χ1) is 10.9. The Labute approximate surface area is 140 Å². The summed E-state index contributed by atoms with van der Waals surface area (Å²) >= 11 is 0. The second-order valence-electron chi connectivity index (χ2n) is 7.13. The standard InChI is InChI=1S/C20H26O2Si/c1-20(2,3)23(16-10-15-19(21)22,17-11-6-4-7-12-17)18-13-8-5-9-14-18/h4-9,11-14H,10,15-16H2,1-3H3,(H,21,22). The Balaban J connectivity index is 2.57. The zero-order chi connectivity index (χ0) is 16.9. The highest BCUT2D eigenvalue weighted by Gasteiger charge is 2.46. The molecule has 1 N–H and O–H groups in total. The maximum absolute atomic E-state index is 11.0. The Morgan fingerprint density at radius 2 is 1.35 bits per heavy atom. The molecule has 2 nitrogen and oxygen atoms in total. The lowest BCUT2D eigenvalue weighted by atomic mass is 10.2. The Bertz CT molecular complexity index is 590. The Hall–Kier alpha value is -1.87. The summed E-state index contributed by atoms with van der Waals surface area (Å²) in [5, 5.41) is 12.0. The van der Waals surface area contributed by atoms with Gasteiger partial charge in [-0.05, 0) is 17.5 Å². The fraction of sp³-hybridized carbons (Fsp3) is 0.350. The smallest absolute Gasteiger partial charge is 0.303 e. The highest BCUT2D eigenvalue weighted by atomic mass is 28.3. The van der Waals surface area contributed by atoms with Crippen molar-refractivity contribution in [2.45, 2.75) is 44.7 Å². The number of carboxylic acids is 1. The fourth-order valence-electron chi connectivity index (χ4n) is 3.65. The third-order valence-electron chi connectivity index (χ3n) is 4.76. The third kappa shape index (κ3) is 3.73. The molecule has 0 heterocycles. The minimum Gasteiger partial charge on any atom is -0.481 e. The van der Waals surface area contributed by atoms with Crippen molar-refractivity contribution < 1.29 is 9.90 Å². The van der Waals surface area contributed by atoms with E-state index in [2.05, 4.69) is 69.3 Å². The van der Waals surface area contributed by atoms with Gasteiger partial charge < -0.3 is 5.11 Å². The van der Waals surface area contributed by atoms with Crippen LogP contribution < -0.4 is 10.4 Å². The van der Waals surface area contributed by atoms with Gasteiger partial charge in [0.1, 0.15) is 8.07 Å². The Morgan fingerprint density at radius 1 is 0.913 bits per heavy atom. The molecule has 0 aliphatic rings. The number of benzene rings is 2. The van der Waals surface area contributed by atoms with Crippen LogP contribution in [0.4, 0.5) is 0 Å². The molecule has 23 heavy (non-hydrogen) atoms. The molecule has 0 aliphatic carbocycles. The highest BCUT2D eigenvalue weighted by Crippen LogP contribution is 2.39. The fourth-order valence-corrected chi connectivity index (χ4v) is 9.27. The molecule has 0 aliphatic heterocycles. The van der Waals surface area contributed by atoms with Crippen molar-refractivity contribution in [3.8, 4) is 0 Å². The van der Waals surface area contributed by atoms with Crippen LogP contribution in [-0.2, 0) is 4.79 Å². The number of hydrogen-bond donors (Lipinski definition) is 1. The second-order valence-corrected chi connectivity index (χ2v) is 12.1. The molecule has 0 fully saturated rings. The van der Waals surface area contributed by atoms with Gasteiger partial charge in [-0.25, -0.2) is 0 Å². The number of carbonyl (C=O) groups is 1. The lowest BCUT2D eigenvalue weighted by Gasteiger charge is -2.44. The summed E-state index contributed by atoms with van der Waals surface area (Å²) in [6.07, 6.45) is 0.965. The Kier molecular flexibility index (Phi) is 5.42. The molecule has 0 unspecified atom stereocenters. The third-order valence-corrected chi connectivity index (χ3v) is 11.1. The number of aliphatic carboxylic acids is 1. The van der Waals surface area contributed by atoms with E-state index in [1.54, 1.807) is 0 Å². The van der Waals surface area contributed by atoms with Crippen LogP contribution in [0.5, 0.6) is 0 Å². The SMILES string of the molecule is CC(C)(C)[Si](CCCC(=O)O)(c1ccccc1)c1ccccc1. The summed E-state index contributed by atoms with van der Waals surface area (Å²) < 4.78 is 0. The van der Waals surface area contributed by atoms with E-state index in [-0.39, 0.29) is 11.5 Å². The van der Waals surface area contributed by atoms with Crippen molar-refractivity contribution in [2.75, 3.05) is 0 Å². The topological polar surface area (TPSA) is 37.3 Å². The molecule has 0 atom stereocenters. The largest absolute Gasteiger partial charge is 0.481 e. The normalized spacial score (nSPS) is 12.1. The van der Waals surface area contributed by atoms with Crippen molar-refractivity contribution in [3.63, 3.8) is 0 Å². The quantitative estimate of drug-likeness (QED) is 0.817. The van der Waals surface area contributed by atoms with Crippen molar-refractivity contribution >= 4 is 24.4 Å². The summed E-state index contributed by atoms with van der Waals surface area (Å²) in [6, 6.07) is 22.4. The average Bonchev–Trinajstić information content (AvgIpc) is 2.52. The molecular weight excluding hydrogens is 300 g/mol. The van der Waals surface area contributed by atoms with Crippen LogP contribution in [0.1, 0.15) is 33.6 Å². The van der Waals surface area contributed by atoms with Crippen LogP contribution in [-0.4, -0.2) is 19.1 Å². The van der Waals surface area contributed by atoms with Gasteiger partial charge in [0.2, 0.25) is 0 Å². The first-order valence-electron chi connectivity index (χ1n) is 8.21. The van der Waals surface area contributed by atoms with Gasteiger partial charge in [0, 0.05) is 6.42 Å². The van der Waals surface area contributed by atoms with Gasteiger partial charge in [-0.1, -0.05) is 91.8 Å². The summed E-state index contributed by atoms with van der Waals surface area (Å²) in [5.41, 5.74) is 0. The van der Waals surface area contributed by atoms with E-state index in [0.717, 1.165) is 12.5 Å². The van der Waals surface area contributed by atoms with E-state index in [4.69, 9.17) is 5.11 Å². The molecule has 122 valence electrons. The summed E-state index contributed by atoms with van der Waals surface area (Å²) in [6.45, 7) is 6.92. The number of hydrogen-bond acceptors (Lipinski definition) is 1.